The van der Waals surface area contributed by atoms with Crippen LogP contribution < -0.4 is 9.54 Å². The second-order valence-electron chi connectivity index (χ2n) is 5.53. The second kappa shape index (κ2) is 8.37. The smallest absolute Gasteiger partial charge is 0.326 e. The molecule has 0 saturated carbocycles. The Labute approximate surface area is 164 Å². The van der Waals surface area contributed by atoms with Crippen molar-refractivity contribution in [3.8, 4) is 5.75 Å². The van der Waals surface area contributed by atoms with Crippen molar-refractivity contribution < 1.29 is 19.1 Å². The molecule has 1 amide bonds. The Hall–Kier alpha value is -2.64. The molecule has 0 aliphatic heterocycles. The van der Waals surface area contributed by atoms with E-state index in [-0.39, 0.29) is 13.2 Å². The zero-order valence-electron chi connectivity index (χ0n) is 14.8. The number of hydrogen-bond acceptors (Lipinski definition) is 5. The first-order valence-corrected chi connectivity index (χ1v) is 9.39. The molecule has 0 aliphatic carbocycles. The molecule has 3 aromatic rings. The third-order valence-electron chi connectivity index (χ3n) is 3.77. The molecule has 0 bridgehead atoms. The van der Waals surface area contributed by atoms with E-state index in [2.05, 4.69) is 4.99 Å². The molecule has 1 aromatic heterocycles. The third kappa shape index (κ3) is 4.37. The summed E-state index contributed by atoms with van der Waals surface area (Å²) in [4.78, 5) is 29.2. The number of carbonyl (C=O) groups is 2. The van der Waals surface area contributed by atoms with Gasteiger partial charge in [-0.1, -0.05) is 22.9 Å². The molecular formula is C19H17ClN2O4S. The van der Waals surface area contributed by atoms with Crippen LogP contribution in [-0.2, 0) is 16.1 Å². The first-order valence-electron chi connectivity index (χ1n) is 8.19. The lowest BCUT2D eigenvalue weighted by Gasteiger charge is -2.05. The highest BCUT2D eigenvalue weighted by Crippen LogP contribution is 2.22. The van der Waals surface area contributed by atoms with E-state index in [1.165, 1.54) is 11.3 Å². The topological polar surface area (TPSA) is 69.9 Å². The Bertz CT molecular complexity index is 1050. The van der Waals surface area contributed by atoms with Gasteiger partial charge in [0.05, 0.1) is 23.9 Å². The number of benzene rings is 2. The van der Waals surface area contributed by atoms with Crippen LogP contribution >= 0.6 is 22.9 Å². The molecule has 1 heterocycles. The van der Waals surface area contributed by atoms with Crippen molar-refractivity contribution in [2.75, 3.05) is 13.7 Å². The fraction of sp³-hybridized carbons (Fsp3) is 0.211. The lowest BCUT2D eigenvalue weighted by molar-refractivity contribution is -0.143. The summed E-state index contributed by atoms with van der Waals surface area (Å²) in [6.07, 6.45) is 0. The van der Waals surface area contributed by atoms with Gasteiger partial charge >= 0.3 is 5.97 Å². The molecular weight excluding hydrogens is 388 g/mol. The molecule has 0 saturated heterocycles. The van der Waals surface area contributed by atoms with Gasteiger partial charge in [-0.3, -0.25) is 9.59 Å². The molecule has 2 aromatic carbocycles. The summed E-state index contributed by atoms with van der Waals surface area (Å²) >= 11 is 7.35. The van der Waals surface area contributed by atoms with Crippen molar-refractivity contribution >= 4 is 45.0 Å². The maximum Gasteiger partial charge on any atom is 0.326 e. The number of ether oxygens (including phenoxy) is 2. The Balaban J connectivity index is 2.06. The van der Waals surface area contributed by atoms with E-state index in [1.807, 2.05) is 0 Å². The molecule has 140 valence electrons. The molecule has 8 heteroatoms. The summed E-state index contributed by atoms with van der Waals surface area (Å²) in [5, 5.41) is 0.570. The Morgan fingerprint density at radius 2 is 1.93 bits per heavy atom. The van der Waals surface area contributed by atoms with Crippen LogP contribution in [0, 0.1) is 0 Å². The van der Waals surface area contributed by atoms with E-state index in [1.54, 1.807) is 61.1 Å². The number of nitrogens with zero attached hydrogens (tertiary/aromatic N) is 2. The molecule has 6 nitrogen and oxygen atoms in total. The number of thiazole rings is 1. The lowest BCUT2D eigenvalue weighted by atomic mass is 10.2. The van der Waals surface area contributed by atoms with Gasteiger partial charge in [0.25, 0.3) is 5.91 Å². The largest absolute Gasteiger partial charge is 0.497 e. The third-order valence-corrected chi connectivity index (χ3v) is 5.05. The van der Waals surface area contributed by atoms with Gasteiger partial charge in [0.1, 0.15) is 12.3 Å². The molecule has 0 atom stereocenters. The number of methoxy groups -OCH3 is 1. The number of amides is 1. The standard InChI is InChI=1S/C19H17ClN2O4S/c1-3-26-17(23)11-22-15-9-6-13(20)10-16(15)27-19(22)21-18(24)12-4-7-14(25-2)8-5-12/h4-10H,3,11H2,1-2H3. The predicted octanol–water partition coefficient (Wildman–Crippen LogP) is 3.67. The number of halogens is 1. The minimum atomic E-state index is -0.409. The van der Waals surface area contributed by atoms with E-state index in [4.69, 9.17) is 21.1 Å². The maximum absolute atomic E-state index is 12.6. The van der Waals surface area contributed by atoms with Gasteiger partial charge in [-0.15, -0.1) is 0 Å². The molecule has 0 N–H and O–H groups in total. The summed E-state index contributed by atoms with van der Waals surface area (Å²) < 4.78 is 12.6. The average molecular weight is 405 g/mol. The van der Waals surface area contributed by atoms with Crippen LogP contribution in [0.5, 0.6) is 5.75 Å². The van der Waals surface area contributed by atoms with Crippen molar-refractivity contribution in [3.05, 3.63) is 57.9 Å². The highest BCUT2D eigenvalue weighted by Gasteiger charge is 2.13. The van der Waals surface area contributed by atoms with Crippen molar-refractivity contribution in [2.45, 2.75) is 13.5 Å². The molecule has 0 fully saturated rings. The monoisotopic (exact) mass is 404 g/mol. The van der Waals surface area contributed by atoms with Crippen LogP contribution in [0.25, 0.3) is 10.2 Å². The fourth-order valence-electron chi connectivity index (χ4n) is 2.51. The molecule has 0 spiro atoms. The van der Waals surface area contributed by atoms with Gasteiger partial charge < -0.3 is 14.0 Å². The van der Waals surface area contributed by atoms with E-state index in [0.717, 1.165) is 10.2 Å². The summed E-state index contributed by atoms with van der Waals surface area (Å²) in [7, 11) is 1.56. The Kier molecular flexibility index (Phi) is 5.93. The maximum atomic E-state index is 12.6. The first kappa shape index (κ1) is 19.1. The zero-order chi connectivity index (χ0) is 19.4. The van der Waals surface area contributed by atoms with Crippen molar-refractivity contribution in [1.82, 2.24) is 4.57 Å². The summed E-state index contributed by atoms with van der Waals surface area (Å²) in [5.74, 6) is -0.154. The minimum Gasteiger partial charge on any atom is -0.497 e. The fourth-order valence-corrected chi connectivity index (χ4v) is 3.81. The van der Waals surface area contributed by atoms with Crippen LogP contribution in [0.1, 0.15) is 17.3 Å². The van der Waals surface area contributed by atoms with Crippen LogP contribution in [0.3, 0.4) is 0 Å². The number of hydrogen-bond donors (Lipinski definition) is 0. The van der Waals surface area contributed by atoms with Crippen LogP contribution in [-0.4, -0.2) is 30.2 Å². The molecule has 0 aliphatic rings. The molecule has 0 unspecified atom stereocenters. The number of aromatic nitrogens is 1. The highest BCUT2D eigenvalue weighted by atomic mass is 35.5. The Morgan fingerprint density at radius 1 is 1.19 bits per heavy atom. The van der Waals surface area contributed by atoms with Crippen molar-refractivity contribution in [1.29, 1.82) is 0 Å². The SMILES string of the molecule is CCOC(=O)Cn1c(=NC(=O)c2ccc(OC)cc2)sc2cc(Cl)ccc21. The quantitative estimate of drug-likeness (QED) is 0.608. The van der Waals surface area contributed by atoms with Gasteiger partial charge in [-0.2, -0.15) is 4.99 Å². The highest BCUT2D eigenvalue weighted by molar-refractivity contribution is 7.16. The molecule has 0 radical (unpaired) electrons. The normalized spacial score (nSPS) is 11.6. The van der Waals surface area contributed by atoms with Crippen molar-refractivity contribution in [3.63, 3.8) is 0 Å². The van der Waals surface area contributed by atoms with E-state index >= 15 is 0 Å². The number of rotatable bonds is 5. The number of carbonyl (C=O) groups excluding carboxylic acids is 2. The minimum absolute atomic E-state index is 0.0375. The first-order chi connectivity index (χ1) is 13.0. The van der Waals surface area contributed by atoms with Gasteiger partial charge in [-0.05, 0) is 49.4 Å². The molecule has 3 rings (SSSR count). The summed E-state index contributed by atoms with van der Waals surface area (Å²) in [6.45, 7) is 1.99. The lowest BCUT2D eigenvalue weighted by Crippen LogP contribution is -2.23. The van der Waals surface area contributed by atoms with E-state index < -0.39 is 11.9 Å². The van der Waals surface area contributed by atoms with Gasteiger partial charge in [0.15, 0.2) is 4.80 Å². The van der Waals surface area contributed by atoms with E-state index in [9.17, 15) is 9.59 Å². The molecule has 27 heavy (non-hydrogen) atoms. The predicted molar refractivity (Wildman–Crippen MR) is 104 cm³/mol. The van der Waals surface area contributed by atoms with Crippen LogP contribution in [0.15, 0.2) is 47.5 Å². The Morgan fingerprint density at radius 3 is 2.59 bits per heavy atom. The summed E-state index contributed by atoms with van der Waals surface area (Å²) in [6, 6.07) is 12.0. The zero-order valence-corrected chi connectivity index (χ0v) is 16.3. The van der Waals surface area contributed by atoms with Crippen LogP contribution in [0.4, 0.5) is 0 Å². The van der Waals surface area contributed by atoms with Crippen LogP contribution in [0.2, 0.25) is 5.02 Å². The number of esters is 1. The number of fused-ring (bicyclic) bond motifs is 1. The second-order valence-corrected chi connectivity index (χ2v) is 6.98. The van der Waals surface area contributed by atoms with E-state index in [0.29, 0.717) is 21.1 Å². The van der Waals surface area contributed by atoms with Gasteiger partial charge in [0.2, 0.25) is 0 Å². The van der Waals surface area contributed by atoms with Gasteiger partial charge in [0, 0.05) is 10.6 Å². The van der Waals surface area contributed by atoms with Gasteiger partial charge in [-0.25, -0.2) is 0 Å². The average Bonchev–Trinajstić information content (AvgIpc) is 2.98. The van der Waals surface area contributed by atoms with Crippen molar-refractivity contribution in [2.24, 2.45) is 4.99 Å². The summed E-state index contributed by atoms with van der Waals surface area (Å²) in [5.41, 5.74) is 1.19.